The van der Waals surface area contributed by atoms with Gasteiger partial charge < -0.3 is 4.98 Å². The average Bonchev–Trinajstić information content (AvgIpc) is 3.10. The molecule has 0 saturated carbocycles. The van der Waals surface area contributed by atoms with Gasteiger partial charge in [-0.05, 0) is 55.3 Å². The van der Waals surface area contributed by atoms with Crippen LogP contribution in [0, 0.1) is 0 Å². The molecule has 0 bridgehead atoms. The van der Waals surface area contributed by atoms with Crippen molar-refractivity contribution in [1.82, 2.24) is 14.3 Å². The van der Waals surface area contributed by atoms with Crippen LogP contribution in [-0.4, -0.2) is 35.8 Å². The van der Waals surface area contributed by atoms with Crippen molar-refractivity contribution in [3.05, 3.63) is 58.9 Å². The Morgan fingerprint density at radius 2 is 1.72 bits per heavy atom. The number of nitrogens with zero attached hydrogens (tertiary/aromatic N) is 2. The maximum atomic E-state index is 12.8. The first-order valence-electron chi connectivity index (χ1n) is 8.97. The lowest BCUT2D eigenvalue weighted by molar-refractivity contribution is -0.137. The van der Waals surface area contributed by atoms with Crippen molar-refractivity contribution in [2.45, 2.75) is 29.8 Å². The molecule has 0 aliphatic carbocycles. The molecular formula is C19H17ClF3N3O2S. The first-order valence-corrected chi connectivity index (χ1v) is 10.8. The monoisotopic (exact) mass is 443 g/mol. The molecule has 29 heavy (non-hydrogen) atoms. The van der Waals surface area contributed by atoms with Crippen molar-refractivity contribution < 1.29 is 21.6 Å². The van der Waals surface area contributed by atoms with E-state index in [1.807, 2.05) is 6.07 Å². The highest BCUT2D eigenvalue weighted by Gasteiger charge is 2.33. The van der Waals surface area contributed by atoms with Gasteiger partial charge in [0.1, 0.15) is 5.82 Å². The van der Waals surface area contributed by atoms with Gasteiger partial charge in [-0.3, -0.25) is 0 Å². The van der Waals surface area contributed by atoms with Crippen LogP contribution >= 0.6 is 11.6 Å². The van der Waals surface area contributed by atoms with Crippen molar-refractivity contribution in [3.63, 3.8) is 0 Å². The smallest absolute Gasteiger partial charge is 0.342 e. The Balaban J connectivity index is 1.48. The average molecular weight is 444 g/mol. The molecule has 1 saturated heterocycles. The van der Waals surface area contributed by atoms with Crippen LogP contribution < -0.4 is 0 Å². The lowest BCUT2D eigenvalue weighted by Crippen LogP contribution is -2.38. The highest BCUT2D eigenvalue weighted by atomic mass is 35.5. The number of nitrogens with one attached hydrogen (secondary N) is 1. The molecule has 154 valence electrons. The molecule has 1 N–H and O–H groups in total. The maximum absolute atomic E-state index is 12.8. The molecule has 0 radical (unpaired) electrons. The standard InChI is InChI=1S/C19H17ClF3N3O2S/c20-14-3-6-16-17(11-14)25-18(24-16)12-7-9-26(10-8-12)29(27,28)15-4-1-13(2-5-15)19(21,22)23/h1-6,11-12H,7-10H2,(H,24,25). The number of hydrogen-bond donors (Lipinski definition) is 1. The normalized spacial score (nSPS) is 17.1. The van der Waals surface area contributed by atoms with Crippen LogP contribution in [0.4, 0.5) is 13.2 Å². The van der Waals surface area contributed by atoms with E-state index in [9.17, 15) is 21.6 Å². The van der Waals surface area contributed by atoms with E-state index in [-0.39, 0.29) is 23.9 Å². The van der Waals surface area contributed by atoms with Crippen molar-refractivity contribution >= 4 is 32.7 Å². The zero-order chi connectivity index (χ0) is 20.8. The van der Waals surface area contributed by atoms with Crippen molar-refractivity contribution in [2.75, 3.05) is 13.1 Å². The summed E-state index contributed by atoms with van der Waals surface area (Å²) in [6.07, 6.45) is -3.38. The molecule has 1 fully saturated rings. The maximum Gasteiger partial charge on any atom is 0.416 e. The van der Waals surface area contributed by atoms with Gasteiger partial charge in [0.15, 0.2) is 0 Å². The zero-order valence-electron chi connectivity index (χ0n) is 15.1. The molecule has 2 heterocycles. The van der Waals surface area contributed by atoms with Crippen molar-refractivity contribution in [3.8, 4) is 0 Å². The van der Waals surface area contributed by atoms with Crippen LogP contribution in [0.25, 0.3) is 11.0 Å². The summed E-state index contributed by atoms with van der Waals surface area (Å²) in [5, 5.41) is 0.602. The Hall–Kier alpha value is -2.10. The van der Waals surface area contributed by atoms with E-state index in [0.29, 0.717) is 17.9 Å². The Morgan fingerprint density at radius 3 is 2.34 bits per heavy atom. The molecule has 1 aliphatic rings. The van der Waals surface area contributed by atoms with Gasteiger partial charge in [0.2, 0.25) is 10.0 Å². The van der Waals surface area contributed by atoms with Crippen LogP contribution in [0.15, 0.2) is 47.4 Å². The molecule has 1 aliphatic heterocycles. The minimum Gasteiger partial charge on any atom is -0.342 e. The number of H-pyrrole nitrogens is 1. The van der Waals surface area contributed by atoms with Gasteiger partial charge in [0.25, 0.3) is 0 Å². The number of aromatic amines is 1. The largest absolute Gasteiger partial charge is 0.416 e. The SMILES string of the molecule is O=S(=O)(c1ccc(C(F)(F)F)cc1)N1CCC(c2nc3ccc(Cl)cc3[nH]2)CC1. The molecule has 0 unspecified atom stereocenters. The van der Waals surface area contributed by atoms with Gasteiger partial charge in [-0.2, -0.15) is 17.5 Å². The summed E-state index contributed by atoms with van der Waals surface area (Å²) in [5.74, 6) is 0.856. The van der Waals surface area contributed by atoms with Crippen LogP contribution in [-0.2, 0) is 16.2 Å². The predicted molar refractivity (Wildman–Crippen MR) is 103 cm³/mol. The van der Waals surface area contributed by atoms with Crippen molar-refractivity contribution in [2.24, 2.45) is 0 Å². The fourth-order valence-electron chi connectivity index (χ4n) is 3.53. The third kappa shape index (κ3) is 3.99. The van der Waals surface area contributed by atoms with Gasteiger partial charge in [-0.1, -0.05) is 11.6 Å². The summed E-state index contributed by atoms with van der Waals surface area (Å²) in [4.78, 5) is 7.67. The summed E-state index contributed by atoms with van der Waals surface area (Å²) in [5.41, 5.74) is 0.747. The fourth-order valence-corrected chi connectivity index (χ4v) is 5.17. The van der Waals surface area contributed by atoms with E-state index in [2.05, 4.69) is 9.97 Å². The topological polar surface area (TPSA) is 66.1 Å². The summed E-state index contributed by atoms with van der Waals surface area (Å²) in [6.45, 7) is 0.539. The van der Waals surface area contributed by atoms with Crippen LogP contribution in [0.1, 0.15) is 30.1 Å². The van der Waals surface area contributed by atoms with E-state index < -0.39 is 21.8 Å². The van der Waals surface area contributed by atoms with E-state index in [0.717, 1.165) is 41.1 Å². The summed E-state index contributed by atoms with van der Waals surface area (Å²) in [7, 11) is -3.84. The van der Waals surface area contributed by atoms with Crippen LogP contribution in [0.3, 0.4) is 0 Å². The Morgan fingerprint density at radius 1 is 1.07 bits per heavy atom. The second-order valence-corrected chi connectivity index (χ2v) is 9.36. The molecule has 0 amide bonds. The van der Waals surface area contributed by atoms with Crippen molar-refractivity contribution in [1.29, 1.82) is 0 Å². The van der Waals surface area contributed by atoms with Gasteiger partial charge in [0, 0.05) is 24.0 Å². The van der Waals surface area contributed by atoms with Gasteiger partial charge in [-0.15, -0.1) is 0 Å². The number of alkyl halides is 3. The van der Waals surface area contributed by atoms with Crippen LogP contribution in [0.2, 0.25) is 5.02 Å². The lowest BCUT2D eigenvalue weighted by atomic mass is 9.97. The second-order valence-electron chi connectivity index (χ2n) is 6.98. The number of imidazole rings is 1. The Labute approximate surface area is 170 Å². The summed E-state index contributed by atoms with van der Waals surface area (Å²) in [6, 6.07) is 8.96. The molecule has 5 nitrogen and oxygen atoms in total. The number of aromatic nitrogens is 2. The third-order valence-electron chi connectivity index (χ3n) is 5.12. The number of fused-ring (bicyclic) bond motifs is 1. The number of halogens is 4. The molecule has 10 heteroatoms. The van der Waals surface area contributed by atoms with Gasteiger partial charge >= 0.3 is 6.18 Å². The van der Waals surface area contributed by atoms with E-state index in [4.69, 9.17) is 11.6 Å². The molecule has 2 aromatic carbocycles. The lowest BCUT2D eigenvalue weighted by Gasteiger charge is -2.30. The molecule has 1 aromatic heterocycles. The Kier molecular flexibility index (Phi) is 5.08. The Bertz CT molecular complexity index is 1140. The third-order valence-corrected chi connectivity index (χ3v) is 7.27. The minimum absolute atomic E-state index is 0.0697. The summed E-state index contributed by atoms with van der Waals surface area (Å²) < 4.78 is 65.0. The number of rotatable bonds is 3. The number of piperidine rings is 1. The van der Waals surface area contributed by atoms with Crippen LogP contribution in [0.5, 0.6) is 0 Å². The fraction of sp³-hybridized carbons (Fsp3) is 0.316. The predicted octanol–water partition coefficient (Wildman–Crippen LogP) is 4.80. The quantitative estimate of drug-likeness (QED) is 0.632. The van der Waals surface area contributed by atoms with Gasteiger partial charge in [0.05, 0.1) is 21.5 Å². The number of hydrogen-bond acceptors (Lipinski definition) is 3. The molecule has 3 aromatic rings. The highest BCUT2D eigenvalue weighted by molar-refractivity contribution is 7.89. The van der Waals surface area contributed by atoms with E-state index >= 15 is 0 Å². The van der Waals surface area contributed by atoms with Gasteiger partial charge in [-0.25, -0.2) is 13.4 Å². The minimum atomic E-state index is -4.50. The first-order chi connectivity index (χ1) is 13.6. The molecule has 4 rings (SSSR count). The second kappa shape index (κ2) is 7.30. The number of benzene rings is 2. The molecule has 0 atom stereocenters. The molecule has 0 spiro atoms. The first kappa shape index (κ1) is 20.2. The molecular weight excluding hydrogens is 427 g/mol. The van der Waals surface area contributed by atoms with E-state index in [1.54, 1.807) is 12.1 Å². The highest BCUT2D eigenvalue weighted by Crippen LogP contribution is 2.33. The number of sulfonamides is 1. The summed E-state index contributed by atoms with van der Waals surface area (Å²) >= 11 is 5.99. The zero-order valence-corrected chi connectivity index (χ0v) is 16.7. The van der Waals surface area contributed by atoms with E-state index in [1.165, 1.54) is 4.31 Å².